The molecule has 0 heterocycles. The molecule has 1 atom stereocenters. The number of methoxy groups -OCH3 is 2. The molecule has 0 fully saturated rings. The van der Waals surface area contributed by atoms with Gasteiger partial charge in [-0.15, -0.1) is 0 Å². The third-order valence-corrected chi connectivity index (χ3v) is 1.49. The molecule has 0 aliphatic rings. The largest absolute Gasteiger partial charge is 0.394 e. The van der Waals surface area contributed by atoms with E-state index in [4.69, 9.17) is 14.6 Å². The predicted molar refractivity (Wildman–Crippen MR) is 47.4 cm³/mol. The van der Waals surface area contributed by atoms with Gasteiger partial charge in [-0.05, 0) is 0 Å². The molecule has 0 saturated carbocycles. The Bertz CT molecular complexity index is 140. The Kier molecular flexibility index (Phi) is 7.57. The molecule has 2 N–H and O–H groups in total. The molecule has 0 aromatic heterocycles. The number of hydrogen-bond donors (Lipinski definition) is 2. The van der Waals surface area contributed by atoms with Crippen LogP contribution in [0.3, 0.4) is 0 Å². The summed E-state index contributed by atoms with van der Waals surface area (Å²) in [6.07, 6.45) is 0.302. The topological polar surface area (TPSA) is 67.8 Å². The summed E-state index contributed by atoms with van der Waals surface area (Å²) in [5.41, 5.74) is 0. The average molecular weight is 191 g/mol. The minimum atomic E-state index is -0.325. The van der Waals surface area contributed by atoms with Crippen molar-refractivity contribution < 1.29 is 19.4 Å². The highest BCUT2D eigenvalue weighted by Gasteiger charge is 2.09. The summed E-state index contributed by atoms with van der Waals surface area (Å²) in [4.78, 5) is 11.1. The molecule has 5 heteroatoms. The van der Waals surface area contributed by atoms with E-state index in [1.165, 1.54) is 14.2 Å². The van der Waals surface area contributed by atoms with Gasteiger partial charge in [0, 0.05) is 20.6 Å². The van der Waals surface area contributed by atoms with Gasteiger partial charge in [0.05, 0.1) is 25.9 Å². The van der Waals surface area contributed by atoms with Crippen LogP contribution in [0, 0.1) is 0 Å². The molecule has 0 aliphatic heterocycles. The smallest absolute Gasteiger partial charge is 0.222 e. The molecular formula is C8H17NO4. The Morgan fingerprint density at radius 2 is 2.15 bits per heavy atom. The molecule has 0 aromatic rings. The number of ether oxygens (including phenoxy) is 2. The van der Waals surface area contributed by atoms with Crippen LogP contribution < -0.4 is 5.32 Å². The molecule has 78 valence electrons. The molecule has 5 nitrogen and oxygen atoms in total. The lowest BCUT2D eigenvalue weighted by Gasteiger charge is -2.14. The van der Waals surface area contributed by atoms with E-state index >= 15 is 0 Å². The minimum absolute atomic E-state index is 0.118. The SMILES string of the molecule is COCCC(=O)NC(CO)COC. The maximum Gasteiger partial charge on any atom is 0.222 e. The van der Waals surface area contributed by atoms with Crippen molar-refractivity contribution in [2.24, 2.45) is 0 Å². The van der Waals surface area contributed by atoms with Crippen molar-refractivity contribution in [1.29, 1.82) is 0 Å². The second-order valence-corrected chi connectivity index (χ2v) is 2.65. The van der Waals surface area contributed by atoms with Crippen LogP contribution in [-0.4, -0.2) is 51.1 Å². The van der Waals surface area contributed by atoms with Crippen LogP contribution in [0.2, 0.25) is 0 Å². The lowest BCUT2D eigenvalue weighted by atomic mass is 10.3. The highest BCUT2D eigenvalue weighted by molar-refractivity contribution is 5.76. The molecule has 1 amide bonds. The van der Waals surface area contributed by atoms with Gasteiger partial charge >= 0.3 is 0 Å². The predicted octanol–water partition coefficient (Wildman–Crippen LogP) is -0.854. The van der Waals surface area contributed by atoms with E-state index in [2.05, 4.69) is 5.32 Å². The van der Waals surface area contributed by atoms with Gasteiger partial charge in [0.2, 0.25) is 5.91 Å². The maximum absolute atomic E-state index is 11.1. The molecular weight excluding hydrogens is 174 g/mol. The van der Waals surface area contributed by atoms with Gasteiger partial charge in [0.15, 0.2) is 0 Å². The summed E-state index contributed by atoms with van der Waals surface area (Å²) in [6.45, 7) is 0.582. The van der Waals surface area contributed by atoms with E-state index in [1.54, 1.807) is 0 Å². The van der Waals surface area contributed by atoms with Crippen molar-refractivity contribution >= 4 is 5.91 Å². The number of carbonyl (C=O) groups excluding carboxylic acids is 1. The van der Waals surface area contributed by atoms with E-state index in [0.29, 0.717) is 19.6 Å². The van der Waals surface area contributed by atoms with Gasteiger partial charge in [0.25, 0.3) is 0 Å². The normalized spacial score (nSPS) is 12.5. The van der Waals surface area contributed by atoms with Crippen molar-refractivity contribution in [3.63, 3.8) is 0 Å². The second kappa shape index (κ2) is 7.97. The van der Waals surface area contributed by atoms with Crippen molar-refractivity contribution in [1.82, 2.24) is 5.32 Å². The summed E-state index contributed by atoms with van der Waals surface area (Å²) in [7, 11) is 3.05. The summed E-state index contributed by atoms with van der Waals surface area (Å²) >= 11 is 0. The second-order valence-electron chi connectivity index (χ2n) is 2.65. The highest BCUT2D eigenvalue weighted by Crippen LogP contribution is 1.87. The van der Waals surface area contributed by atoms with Gasteiger partial charge in [-0.25, -0.2) is 0 Å². The van der Waals surface area contributed by atoms with E-state index in [0.717, 1.165) is 0 Å². The summed E-state index contributed by atoms with van der Waals surface area (Å²) in [6, 6.07) is -0.325. The van der Waals surface area contributed by atoms with E-state index < -0.39 is 0 Å². The minimum Gasteiger partial charge on any atom is -0.394 e. The molecule has 0 bridgehead atoms. The molecule has 0 radical (unpaired) electrons. The fourth-order valence-corrected chi connectivity index (χ4v) is 0.836. The Balaban J connectivity index is 3.60. The Morgan fingerprint density at radius 3 is 2.62 bits per heavy atom. The lowest BCUT2D eigenvalue weighted by molar-refractivity contribution is -0.123. The van der Waals surface area contributed by atoms with E-state index in [1.807, 2.05) is 0 Å². The number of hydrogen-bond acceptors (Lipinski definition) is 4. The van der Waals surface area contributed by atoms with Crippen LogP contribution in [0.25, 0.3) is 0 Å². The zero-order valence-electron chi connectivity index (χ0n) is 8.08. The van der Waals surface area contributed by atoms with Crippen LogP contribution in [0.4, 0.5) is 0 Å². The maximum atomic E-state index is 11.1. The van der Waals surface area contributed by atoms with Crippen molar-refractivity contribution in [3.8, 4) is 0 Å². The summed E-state index contributed by atoms with van der Waals surface area (Å²) in [5.74, 6) is -0.141. The first-order valence-corrected chi connectivity index (χ1v) is 4.12. The van der Waals surface area contributed by atoms with Gasteiger partial charge < -0.3 is 19.9 Å². The van der Waals surface area contributed by atoms with Gasteiger partial charge in [-0.2, -0.15) is 0 Å². The van der Waals surface area contributed by atoms with E-state index in [9.17, 15) is 4.79 Å². The number of aliphatic hydroxyl groups is 1. The van der Waals surface area contributed by atoms with Gasteiger partial charge in [-0.3, -0.25) is 4.79 Å². The van der Waals surface area contributed by atoms with Crippen molar-refractivity contribution in [3.05, 3.63) is 0 Å². The number of nitrogens with one attached hydrogen (secondary N) is 1. The molecule has 0 spiro atoms. The van der Waals surface area contributed by atoms with Gasteiger partial charge in [0.1, 0.15) is 0 Å². The van der Waals surface area contributed by atoms with Crippen LogP contribution in [0.1, 0.15) is 6.42 Å². The highest BCUT2D eigenvalue weighted by atomic mass is 16.5. The number of rotatable bonds is 7. The number of carbonyl (C=O) groups is 1. The summed E-state index contributed by atoms with van der Waals surface area (Å²) in [5, 5.41) is 11.4. The molecule has 0 aromatic carbocycles. The fourth-order valence-electron chi connectivity index (χ4n) is 0.836. The standard InChI is InChI=1S/C8H17NO4/c1-12-4-3-8(11)9-7(5-10)6-13-2/h7,10H,3-6H2,1-2H3,(H,9,11). The zero-order chi connectivity index (χ0) is 10.1. The number of aliphatic hydroxyl groups excluding tert-OH is 1. The van der Waals surface area contributed by atoms with Crippen LogP contribution >= 0.6 is 0 Å². The Morgan fingerprint density at radius 1 is 1.46 bits per heavy atom. The third kappa shape index (κ3) is 6.51. The molecule has 0 saturated heterocycles. The van der Waals surface area contributed by atoms with Crippen molar-refractivity contribution in [2.45, 2.75) is 12.5 Å². The molecule has 1 unspecified atom stereocenters. The summed E-state index contributed by atoms with van der Waals surface area (Å²) < 4.78 is 9.53. The van der Waals surface area contributed by atoms with Crippen LogP contribution in [0.15, 0.2) is 0 Å². The number of amides is 1. The third-order valence-electron chi connectivity index (χ3n) is 1.49. The fraction of sp³-hybridized carbons (Fsp3) is 0.875. The van der Waals surface area contributed by atoms with Gasteiger partial charge in [-0.1, -0.05) is 0 Å². The average Bonchev–Trinajstić information content (AvgIpc) is 2.14. The van der Waals surface area contributed by atoms with Crippen molar-refractivity contribution in [2.75, 3.05) is 34.0 Å². The first-order chi connectivity index (χ1) is 6.24. The molecule has 0 aliphatic carbocycles. The first kappa shape index (κ1) is 12.3. The quantitative estimate of drug-likeness (QED) is 0.550. The van der Waals surface area contributed by atoms with Crippen LogP contribution in [0.5, 0.6) is 0 Å². The Hall–Kier alpha value is -0.650. The molecule has 13 heavy (non-hydrogen) atoms. The first-order valence-electron chi connectivity index (χ1n) is 4.12. The van der Waals surface area contributed by atoms with E-state index in [-0.39, 0.29) is 18.6 Å². The monoisotopic (exact) mass is 191 g/mol. The van der Waals surface area contributed by atoms with Crippen LogP contribution in [-0.2, 0) is 14.3 Å². The molecule has 0 rings (SSSR count). The Labute approximate surface area is 78.0 Å². The zero-order valence-corrected chi connectivity index (χ0v) is 8.08. The lowest BCUT2D eigenvalue weighted by Crippen LogP contribution is -2.40.